The first-order valence-electron chi connectivity index (χ1n) is 11.5. The molecule has 34 heavy (non-hydrogen) atoms. The number of carbonyl (C=O) groups excluding carboxylic acids is 1. The Labute approximate surface area is 217 Å². The van der Waals surface area contributed by atoms with Crippen LogP contribution < -0.4 is 15.0 Å². The van der Waals surface area contributed by atoms with Gasteiger partial charge in [-0.2, -0.15) is 5.26 Å². The van der Waals surface area contributed by atoms with Crippen molar-refractivity contribution in [2.24, 2.45) is 5.92 Å². The van der Waals surface area contributed by atoms with Gasteiger partial charge in [0.1, 0.15) is 11.8 Å². The molecule has 0 radical (unpaired) electrons. The van der Waals surface area contributed by atoms with Crippen LogP contribution in [0.1, 0.15) is 54.6 Å². The number of nitrogens with one attached hydrogen (secondary N) is 1. The highest BCUT2D eigenvalue weighted by Crippen LogP contribution is 2.39. The number of nitriles is 1. The average molecular weight is 596 g/mol. The molecule has 1 aliphatic carbocycles. The largest absolute Gasteiger partial charge is 0.477 e. The molecule has 4 rings (SSSR count). The van der Waals surface area contributed by atoms with Gasteiger partial charge in [-0.1, -0.05) is 11.6 Å². The summed E-state index contributed by atoms with van der Waals surface area (Å²) >= 11 is 8.44. The van der Waals surface area contributed by atoms with Crippen LogP contribution in [0.2, 0.25) is 5.02 Å². The lowest BCUT2D eigenvalue weighted by atomic mass is 9.92. The lowest BCUT2D eigenvalue weighted by molar-refractivity contribution is 0.0872. The maximum atomic E-state index is 12.7. The second-order valence-corrected chi connectivity index (χ2v) is 11.2. The SMILES string of the molecule is N#Cc1ccc(OC2(I)CCC(NC(=O)c3ccc(N4CCC(CO)CC4)nn3)CC2)cc1Cl. The molecule has 2 heterocycles. The maximum absolute atomic E-state index is 12.7. The highest BCUT2D eigenvalue weighted by Gasteiger charge is 2.35. The van der Waals surface area contributed by atoms with Crippen LogP contribution in [0.5, 0.6) is 5.75 Å². The zero-order valence-corrected chi connectivity index (χ0v) is 21.6. The molecule has 1 amide bonds. The average Bonchev–Trinajstić information content (AvgIpc) is 2.86. The Morgan fingerprint density at radius 1 is 1.24 bits per heavy atom. The quantitative estimate of drug-likeness (QED) is 0.382. The van der Waals surface area contributed by atoms with Crippen LogP contribution in [0.4, 0.5) is 5.82 Å². The molecule has 0 atom stereocenters. The van der Waals surface area contributed by atoms with E-state index in [4.69, 9.17) is 21.6 Å². The van der Waals surface area contributed by atoms with E-state index < -0.39 is 0 Å². The van der Waals surface area contributed by atoms with Crippen LogP contribution in [-0.4, -0.2) is 50.6 Å². The molecule has 1 saturated carbocycles. The molecule has 2 N–H and O–H groups in total. The van der Waals surface area contributed by atoms with Gasteiger partial charge in [0.2, 0.25) is 0 Å². The number of carbonyl (C=O) groups is 1. The predicted octanol–water partition coefficient (Wildman–Crippen LogP) is 4.09. The minimum absolute atomic E-state index is 0.0440. The third-order valence-corrected chi connectivity index (χ3v) is 8.12. The van der Waals surface area contributed by atoms with Gasteiger partial charge >= 0.3 is 0 Å². The number of halogens is 2. The lowest BCUT2D eigenvalue weighted by Gasteiger charge is -2.36. The van der Waals surface area contributed by atoms with E-state index in [-0.39, 0.29) is 22.2 Å². The highest BCUT2D eigenvalue weighted by atomic mass is 127. The monoisotopic (exact) mass is 595 g/mol. The van der Waals surface area contributed by atoms with E-state index in [1.165, 1.54) is 0 Å². The third-order valence-electron chi connectivity index (χ3n) is 6.51. The number of hydrogen-bond donors (Lipinski definition) is 2. The van der Waals surface area contributed by atoms with Crippen molar-refractivity contribution in [3.05, 3.63) is 46.6 Å². The van der Waals surface area contributed by atoms with Crippen molar-refractivity contribution in [1.82, 2.24) is 15.5 Å². The van der Waals surface area contributed by atoms with Gasteiger partial charge in [0.25, 0.3) is 5.91 Å². The van der Waals surface area contributed by atoms with E-state index in [0.29, 0.717) is 27.9 Å². The molecule has 1 aromatic heterocycles. The molecule has 0 unspecified atom stereocenters. The van der Waals surface area contributed by atoms with E-state index in [2.05, 4.69) is 43.0 Å². The Balaban J connectivity index is 1.27. The van der Waals surface area contributed by atoms with Gasteiger partial charge in [0, 0.05) is 31.8 Å². The minimum atomic E-state index is -0.387. The number of aliphatic hydroxyl groups is 1. The van der Waals surface area contributed by atoms with Crippen LogP contribution in [0.15, 0.2) is 30.3 Å². The van der Waals surface area contributed by atoms with Gasteiger partial charge in [-0.3, -0.25) is 4.79 Å². The Morgan fingerprint density at radius 3 is 2.56 bits per heavy atom. The van der Waals surface area contributed by atoms with Gasteiger partial charge in [0.15, 0.2) is 15.1 Å². The number of aromatic nitrogens is 2. The van der Waals surface area contributed by atoms with Crippen molar-refractivity contribution in [3.63, 3.8) is 0 Å². The van der Waals surface area contributed by atoms with E-state index in [9.17, 15) is 9.90 Å². The first-order valence-corrected chi connectivity index (χ1v) is 12.9. The summed E-state index contributed by atoms with van der Waals surface area (Å²) in [6.45, 7) is 1.90. The number of nitrogens with zero attached hydrogens (tertiary/aromatic N) is 4. The van der Waals surface area contributed by atoms with Crippen molar-refractivity contribution in [3.8, 4) is 11.8 Å². The molecule has 180 valence electrons. The molecular weight excluding hydrogens is 569 g/mol. The van der Waals surface area contributed by atoms with Crippen molar-refractivity contribution in [2.45, 2.75) is 48.2 Å². The van der Waals surface area contributed by atoms with E-state index in [1.54, 1.807) is 24.3 Å². The highest BCUT2D eigenvalue weighted by molar-refractivity contribution is 14.1. The topological polar surface area (TPSA) is 111 Å². The van der Waals surface area contributed by atoms with Gasteiger partial charge in [-0.05, 0) is 91.3 Å². The number of aliphatic hydroxyl groups excluding tert-OH is 1. The van der Waals surface area contributed by atoms with E-state index in [0.717, 1.165) is 57.4 Å². The van der Waals surface area contributed by atoms with Crippen molar-refractivity contribution >= 4 is 45.9 Å². The summed E-state index contributed by atoms with van der Waals surface area (Å²) in [5.41, 5.74) is 0.731. The molecule has 8 nitrogen and oxygen atoms in total. The van der Waals surface area contributed by atoms with E-state index >= 15 is 0 Å². The molecule has 2 fully saturated rings. The number of ether oxygens (including phenoxy) is 1. The summed E-state index contributed by atoms with van der Waals surface area (Å²) in [4.78, 5) is 14.8. The fourth-order valence-corrected chi connectivity index (χ4v) is 5.47. The second-order valence-electron chi connectivity index (χ2n) is 8.88. The summed E-state index contributed by atoms with van der Waals surface area (Å²) in [5.74, 6) is 1.54. The number of alkyl halides is 1. The molecular formula is C24H27ClIN5O3. The standard InChI is InChI=1S/C24H27ClIN5O3/c25-20-13-19(2-1-17(20)14-27)34-24(26)9-5-18(6-10-24)28-23(33)21-3-4-22(30-29-21)31-11-7-16(15-32)8-12-31/h1-4,13,16,18,32H,5-12,15H2,(H,28,33). The van der Waals surface area contributed by atoms with E-state index in [1.807, 2.05) is 12.1 Å². The lowest BCUT2D eigenvalue weighted by Crippen LogP contribution is -2.43. The summed E-state index contributed by atoms with van der Waals surface area (Å²) < 4.78 is 5.80. The van der Waals surface area contributed by atoms with Crippen LogP contribution in [0, 0.1) is 17.2 Å². The fraction of sp³-hybridized carbons (Fsp3) is 0.500. The van der Waals surface area contributed by atoms with Crippen LogP contribution in [0.3, 0.4) is 0 Å². The number of benzene rings is 1. The van der Waals surface area contributed by atoms with Crippen LogP contribution in [0.25, 0.3) is 0 Å². The number of piperidine rings is 1. The normalized spacial score (nSPS) is 23.2. The van der Waals surface area contributed by atoms with Gasteiger partial charge in [-0.25, -0.2) is 0 Å². The molecule has 2 aliphatic rings. The molecule has 0 spiro atoms. The summed E-state index contributed by atoms with van der Waals surface area (Å²) in [7, 11) is 0. The number of rotatable bonds is 6. The second kappa shape index (κ2) is 11.1. The number of hydrogen-bond acceptors (Lipinski definition) is 7. The first-order chi connectivity index (χ1) is 16.4. The van der Waals surface area contributed by atoms with Crippen molar-refractivity contribution in [1.29, 1.82) is 5.26 Å². The molecule has 1 aromatic carbocycles. The zero-order chi connectivity index (χ0) is 24.1. The number of anilines is 1. The van der Waals surface area contributed by atoms with Gasteiger partial charge in [0.05, 0.1) is 10.6 Å². The Morgan fingerprint density at radius 2 is 1.97 bits per heavy atom. The van der Waals surface area contributed by atoms with Gasteiger partial charge < -0.3 is 20.1 Å². The Bertz CT molecular complexity index is 1050. The smallest absolute Gasteiger partial charge is 0.272 e. The predicted molar refractivity (Wildman–Crippen MR) is 137 cm³/mol. The first kappa shape index (κ1) is 24.9. The van der Waals surface area contributed by atoms with Crippen LogP contribution >= 0.6 is 34.2 Å². The minimum Gasteiger partial charge on any atom is -0.477 e. The zero-order valence-electron chi connectivity index (χ0n) is 18.7. The summed E-state index contributed by atoms with van der Waals surface area (Å²) in [6, 6.07) is 10.7. The van der Waals surface area contributed by atoms with Crippen molar-refractivity contribution in [2.75, 3.05) is 24.6 Å². The third kappa shape index (κ3) is 6.09. The molecule has 2 aromatic rings. The molecule has 1 aliphatic heterocycles. The molecule has 0 bridgehead atoms. The van der Waals surface area contributed by atoms with Crippen LogP contribution in [-0.2, 0) is 0 Å². The fourth-order valence-electron chi connectivity index (χ4n) is 4.38. The Hall–Kier alpha value is -2.16. The summed E-state index contributed by atoms with van der Waals surface area (Å²) in [6.07, 6.45) is 4.97. The molecule has 1 saturated heterocycles. The maximum Gasteiger partial charge on any atom is 0.272 e. The van der Waals surface area contributed by atoms with Crippen molar-refractivity contribution < 1.29 is 14.6 Å². The molecule has 10 heteroatoms. The number of amides is 1. The summed E-state index contributed by atoms with van der Waals surface area (Å²) in [5, 5.41) is 30.2. The van der Waals surface area contributed by atoms with Gasteiger partial charge in [-0.15, -0.1) is 10.2 Å². The Kier molecular flexibility index (Phi) is 8.11.